The van der Waals surface area contributed by atoms with Gasteiger partial charge in [-0.3, -0.25) is 5.01 Å². The van der Waals surface area contributed by atoms with Gasteiger partial charge in [0.2, 0.25) is 0 Å². The van der Waals surface area contributed by atoms with Gasteiger partial charge in [0.25, 0.3) is 0 Å². The van der Waals surface area contributed by atoms with Crippen LogP contribution in [0.25, 0.3) is 0 Å². The molecule has 1 aliphatic heterocycles. The van der Waals surface area contributed by atoms with Gasteiger partial charge in [-0.05, 0) is 6.07 Å². The maximum Gasteiger partial charge on any atom is 0.139 e. The van der Waals surface area contributed by atoms with Gasteiger partial charge in [0.05, 0.1) is 32.4 Å². The number of halogens is 1. The molecule has 142 valence electrons. The zero-order chi connectivity index (χ0) is 19.2. The fourth-order valence-corrected chi connectivity index (χ4v) is 3.86. The van der Waals surface area contributed by atoms with Crippen molar-refractivity contribution in [2.75, 3.05) is 26.2 Å². The Morgan fingerprint density at radius 2 is 1.32 bits per heavy atom. The van der Waals surface area contributed by atoms with Crippen molar-refractivity contribution in [3.05, 3.63) is 107 Å². The first-order chi connectivity index (χ1) is 13.8. The van der Waals surface area contributed by atoms with Crippen LogP contribution in [0.5, 0.6) is 0 Å². The zero-order valence-electron chi connectivity index (χ0n) is 15.8. The van der Waals surface area contributed by atoms with Crippen molar-refractivity contribution in [3.8, 4) is 0 Å². The topological polar surface area (TPSA) is 20.0 Å². The Kier molecular flexibility index (Phi) is 5.78. The maximum atomic E-state index is 13.8. The number of quaternary nitrogens is 1. The third-order valence-corrected chi connectivity index (χ3v) is 5.32. The first-order valence-electron chi connectivity index (χ1n) is 9.79. The predicted molar refractivity (Wildman–Crippen MR) is 111 cm³/mol. The number of hydrogen-bond donors (Lipinski definition) is 1. The highest BCUT2D eigenvalue weighted by atomic mass is 19.1. The molecule has 28 heavy (non-hydrogen) atoms. The van der Waals surface area contributed by atoms with E-state index < -0.39 is 0 Å². The number of hydrazone groups is 1. The molecule has 0 saturated carbocycles. The van der Waals surface area contributed by atoms with E-state index in [0.717, 1.165) is 26.2 Å². The third kappa shape index (κ3) is 4.29. The van der Waals surface area contributed by atoms with Crippen LogP contribution in [0.4, 0.5) is 4.39 Å². The minimum absolute atomic E-state index is 0.233. The summed E-state index contributed by atoms with van der Waals surface area (Å²) in [5.41, 5.74) is 3.21. The van der Waals surface area contributed by atoms with E-state index in [9.17, 15) is 4.39 Å². The molecule has 1 aliphatic rings. The van der Waals surface area contributed by atoms with E-state index in [1.165, 1.54) is 22.1 Å². The van der Waals surface area contributed by atoms with Crippen molar-refractivity contribution < 1.29 is 9.29 Å². The minimum Gasteiger partial charge on any atom is -0.322 e. The van der Waals surface area contributed by atoms with Crippen molar-refractivity contribution in [1.29, 1.82) is 0 Å². The molecule has 0 spiro atoms. The Morgan fingerprint density at radius 3 is 1.89 bits per heavy atom. The van der Waals surface area contributed by atoms with Crippen molar-refractivity contribution >= 4 is 6.21 Å². The van der Waals surface area contributed by atoms with Crippen LogP contribution in [-0.2, 0) is 0 Å². The van der Waals surface area contributed by atoms with Crippen molar-refractivity contribution in [3.63, 3.8) is 0 Å². The van der Waals surface area contributed by atoms with Gasteiger partial charge in [0, 0.05) is 16.7 Å². The Labute approximate surface area is 165 Å². The quantitative estimate of drug-likeness (QED) is 0.680. The van der Waals surface area contributed by atoms with Crippen molar-refractivity contribution in [2.45, 2.75) is 6.04 Å². The average molecular weight is 374 g/mol. The summed E-state index contributed by atoms with van der Waals surface area (Å²) >= 11 is 0. The number of nitrogens with one attached hydrogen (secondary N) is 1. The van der Waals surface area contributed by atoms with Gasteiger partial charge < -0.3 is 4.90 Å². The standard InChI is InChI=1S/C24H24FN3/c25-23-14-8-7-13-22(23)19-26-28-17-15-27(16-18-28)24(20-9-3-1-4-10-20)21-11-5-2-6-12-21/h1-14,19,24H,15-18H2/p+1/b26-19-. The highest BCUT2D eigenvalue weighted by molar-refractivity contribution is 5.79. The Balaban J connectivity index is 1.47. The number of nitrogens with zero attached hydrogens (tertiary/aromatic N) is 2. The van der Waals surface area contributed by atoms with Gasteiger partial charge in [0.1, 0.15) is 11.9 Å². The first-order valence-corrected chi connectivity index (χ1v) is 9.79. The summed E-state index contributed by atoms with van der Waals surface area (Å²) in [6.07, 6.45) is 1.63. The van der Waals surface area contributed by atoms with E-state index in [1.807, 2.05) is 11.1 Å². The summed E-state index contributed by atoms with van der Waals surface area (Å²) in [5, 5.41) is 6.55. The third-order valence-electron chi connectivity index (χ3n) is 5.32. The fourth-order valence-electron chi connectivity index (χ4n) is 3.86. The SMILES string of the molecule is Fc1ccccc1/C=N\N1CC[NH+](C(c2ccccc2)c2ccccc2)CC1. The Bertz CT molecular complexity index is 864. The van der Waals surface area contributed by atoms with Crippen LogP contribution in [-0.4, -0.2) is 37.4 Å². The molecular formula is C24H25FN3+. The molecule has 4 heteroatoms. The number of benzene rings is 3. The molecule has 1 heterocycles. The van der Waals surface area contributed by atoms with Gasteiger partial charge in [-0.25, -0.2) is 4.39 Å². The van der Waals surface area contributed by atoms with Crippen LogP contribution in [0, 0.1) is 5.82 Å². The van der Waals surface area contributed by atoms with E-state index in [0.29, 0.717) is 11.6 Å². The molecule has 4 rings (SSSR count). The monoisotopic (exact) mass is 374 g/mol. The molecule has 0 atom stereocenters. The second-order valence-electron chi connectivity index (χ2n) is 7.13. The van der Waals surface area contributed by atoms with E-state index >= 15 is 0 Å². The van der Waals surface area contributed by atoms with Crippen LogP contribution in [0.3, 0.4) is 0 Å². The summed E-state index contributed by atoms with van der Waals surface area (Å²) in [7, 11) is 0. The maximum absolute atomic E-state index is 13.8. The van der Waals surface area contributed by atoms with Gasteiger partial charge in [-0.15, -0.1) is 0 Å². The molecule has 0 aliphatic carbocycles. The summed E-state index contributed by atoms with van der Waals surface area (Å²) in [4.78, 5) is 1.54. The predicted octanol–water partition coefficient (Wildman–Crippen LogP) is 3.15. The highest BCUT2D eigenvalue weighted by Crippen LogP contribution is 2.19. The zero-order valence-corrected chi connectivity index (χ0v) is 15.8. The lowest BCUT2D eigenvalue weighted by molar-refractivity contribution is -0.929. The molecule has 0 amide bonds. The largest absolute Gasteiger partial charge is 0.322 e. The molecule has 0 aromatic heterocycles. The van der Waals surface area contributed by atoms with Gasteiger partial charge in [-0.2, -0.15) is 5.10 Å². The van der Waals surface area contributed by atoms with Crippen molar-refractivity contribution in [1.82, 2.24) is 5.01 Å². The van der Waals surface area contributed by atoms with Crippen LogP contribution in [0.1, 0.15) is 22.7 Å². The molecule has 3 aromatic rings. The molecule has 3 nitrogen and oxygen atoms in total. The van der Waals surface area contributed by atoms with Gasteiger partial charge in [-0.1, -0.05) is 78.9 Å². The lowest BCUT2D eigenvalue weighted by Crippen LogP contribution is -3.15. The molecule has 3 aromatic carbocycles. The van der Waals surface area contributed by atoms with E-state index in [2.05, 4.69) is 65.8 Å². The first kappa shape index (κ1) is 18.4. The molecule has 0 unspecified atom stereocenters. The van der Waals surface area contributed by atoms with E-state index in [4.69, 9.17) is 0 Å². The van der Waals surface area contributed by atoms with Gasteiger partial charge >= 0.3 is 0 Å². The molecule has 1 saturated heterocycles. The molecule has 1 fully saturated rings. The van der Waals surface area contributed by atoms with E-state index in [1.54, 1.807) is 18.3 Å². The molecular weight excluding hydrogens is 349 g/mol. The molecule has 0 bridgehead atoms. The summed E-state index contributed by atoms with van der Waals surface area (Å²) in [5.74, 6) is -0.233. The number of piperazine rings is 1. The number of hydrogen-bond acceptors (Lipinski definition) is 2. The van der Waals surface area contributed by atoms with E-state index in [-0.39, 0.29) is 5.82 Å². The van der Waals surface area contributed by atoms with Crippen LogP contribution in [0.15, 0.2) is 90.0 Å². The minimum atomic E-state index is -0.233. The molecule has 1 N–H and O–H groups in total. The average Bonchev–Trinajstić information content (AvgIpc) is 2.76. The summed E-state index contributed by atoms with van der Waals surface area (Å²) < 4.78 is 13.8. The van der Waals surface area contributed by atoms with Gasteiger partial charge in [0.15, 0.2) is 0 Å². The number of rotatable bonds is 5. The smallest absolute Gasteiger partial charge is 0.139 e. The Hall–Kier alpha value is -2.98. The lowest BCUT2D eigenvalue weighted by Gasteiger charge is -2.35. The summed E-state index contributed by atoms with van der Waals surface area (Å²) in [6.45, 7) is 3.69. The van der Waals surface area contributed by atoms with Crippen molar-refractivity contribution in [2.24, 2.45) is 5.10 Å². The molecule has 0 radical (unpaired) electrons. The van der Waals surface area contributed by atoms with Crippen LogP contribution in [0.2, 0.25) is 0 Å². The lowest BCUT2D eigenvalue weighted by atomic mass is 9.96. The normalized spacial score (nSPS) is 15.4. The Morgan fingerprint density at radius 1 is 0.786 bits per heavy atom. The van der Waals surface area contributed by atoms with Crippen LogP contribution < -0.4 is 4.90 Å². The second-order valence-corrected chi connectivity index (χ2v) is 7.13. The highest BCUT2D eigenvalue weighted by Gasteiger charge is 2.29. The van der Waals surface area contributed by atoms with Crippen LogP contribution >= 0.6 is 0 Å². The summed E-state index contributed by atoms with van der Waals surface area (Å²) in [6, 6.07) is 28.5. The second kappa shape index (κ2) is 8.81. The fraction of sp³-hybridized carbons (Fsp3) is 0.208.